The standard InChI is InChI=1S/C24H25N3O4/c1-15-16(2)26-22-12-18(6-11-21(22)25-15)24(29)31-14-23(28)27(19-7-8-19)13-17-4-9-20(30-3)10-5-17/h4-6,9-12,19H,7-8,13-14H2,1-3H3. The molecule has 0 spiro atoms. The molecular weight excluding hydrogens is 394 g/mol. The number of nitrogens with zero attached hydrogens (tertiary/aromatic N) is 3. The molecule has 7 heteroatoms. The van der Waals surface area contributed by atoms with Crippen molar-refractivity contribution in [3.05, 3.63) is 65.0 Å². The molecule has 2 aromatic carbocycles. The predicted molar refractivity (Wildman–Crippen MR) is 116 cm³/mol. The number of hydrogen-bond donors (Lipinski definition) is 0. The number of esters is 1. The van der Waals surface area contributed by atoms with Crippen LogP contribution in [0.25, 0.3) is 11.0 Å². The van der Waals surface area contributed by atoms with Gasteiger partial charge in [0.15, 0.2) is 6.61 Å². The maximum Gasteiger partial charge on any atom is 0.338 e. The first-order chi connectivity index (χ1) is 14.9. The minimum Gasteiger partial charge on any atom is -0.497 e. The minimum absolute atomic E-state index is 0.196. The van der Waals surface area contributed by atoms with Gasteiger partial charge in [0, 0.05) is 12.6 Å². The van der Waals surface area contributed by atoms with Crippen LogP contribution in [-0.4, -0.2) is 46.5 Å². The van der Waals surface area contributed by atoms with Crippen LogP contribution in [0.1, 0.15) is 40.2 Å². The molecule has 1 aliphatic carbocycles. The van der Waals surface area contributed by atoms with Gasteiger partial charge in [-0.15, -0.1) is 0 Å². The van der Waals surface area contributed by atoms with Crippen molar-refractivity contribution < 1.29 is 19.1 Å². The summed E-state index contributed by atoms with van der Waals surface area (Å²) in [6, 6.07) is 12.9. The van der Waals surface area contributed by atoms with E-state index in [2.05, 4.69) is 9.97 Å². The van der Waals surface area contributed by atoms with Crippen molar-refractivity contribution in [2.24, 2.45) is 0 Å². The highest BCUT2D eigenvalue weighted by atomic mass is 16.5. The van der Waals surface area contributed by atoms with Crippen molar-refractivity contribution in [3.63, 3.8) is 0 Å². The van der Waals surface area contributed by atoms with Gasteiger partial charge in [0.25, 0.3) is 5.91 Å². The molecule has 31 heavy (non-hydrogen) atoms. The number of aryl methyl sites for hydroxylation is 2. The first kappa shape index (κ1) is 20.8. The zero-order chi connectivity index (χ0) is 22.0. The van der Waals surface area contributed by atoms with E-state index in [-0.39, 0.29) is 18.6 Å². The second-order valence-corrected chi connectivity index (χ2v) is 7.77. The van der Waals surface area contributed by atoms with Crippen molar-refractivity contribution >= 4 is 22.9 Å². The Hall–Kier alpha value is -3.48. The topological polar surface area (TPSA) is 81.6 Å². The van der Waals surface area contributed by atoms with Gasteiger partial charge in [0.2, 0.25) is 0 Å². The molecule has 1 aliphatic rings. The smallest absolute Gasteiger partial charge is 0.338 e. The summed E-state index contributed by atoms with van der Waals surface area (Å²) in [5.41, 5.74) is 4.37. The molecule has 0 radical (unpaired) electrons. The predicted octanol–water partition coefficient (Wildman–Crippen LogP) is 3.60. The summed E-state index contributed by atoms with van der Waals surface area (Å²) in [6.07, 6.45) is 1.94. The molecule has 160 valence electrons. The lowest BCUT2D eigenvalue weighted by atomic mass is 10.2. The van der Waals surface area contributed by atoms with Crippen molar-refractivity contribution in [1.29, 1.82) is 0 Å². The number of fused-ring (bicyclic) bond motifs is 1. The Labute approximate surface area is 181 Å². The second kappa shape index (κ2) is 8.71. The number of amides is 1. The van der Waals surface area contributed by atoms with Crippen molar-refractivity contribution in [3.8, 4) is 5.75 Å². The van der Waals surface area contributed by atoms with Crippen LogP contribution in [-0.2, 0) is 16.1 Å². The van der Waals surface area contributed by atoms with Crippen LogP contribution < -0.4 is 4.74 Å². The zero-order valence-electron chi connectivity index (χ0n) is 17.9. The van der Waals surface area contributed by atoms with E-state index in [1.165, 1.54) is 0 Å². The van der Waals surface area contributed by atoms with Gasteiger partial charge in [-0.3, -0.25) is 4.79 Å². The van der Waals surface area contributed by atoms with Crippen molar-refractivity contribution in [2.75, 3.05) is 13.7 Å². The van der Waals surface area contributed by atoms with Crippen molar-refractivity contribution in [1.82, 2.24) is 14.9 Å². The number of methoxy groups -OCH3 is 1. The van der Waals surface area contributed by atoms with Crippen LogP contribution in [0, 0.1) is 13.8 Å². The molecule has 1 aromatic heterocycles. The second-order valence-electron chi connectivity index (χ2n) is 7.77. The Kier molecular flexibility index (Phi) is 5.84. The monoisotopic (exact) mass is 419 g/mol. The SMILES string of the molecule is COc1ccc(CN(C(=O)COC(=O)c2ccc3nc(C)c(C)nc3c2)C2CC2)cc1. The Morgan fingerprint density at radius 2 is 1.68 bits per heavy atom. The van der Waals surface area contributed by atoms with E-state index in [0.29, 0.717) is 17.6 Å². The fraction of sp³-hybridized carbons (Fsp3) is 0.333. The Bertz CT molecular complexity index is 1120. The van der Waals surface area contributed by atoms with Crippen LogP contribution in [0.2, 0.25) is 0 Å². The molecule has 1 saturated carbocycles. The number of rotatable bonds is 7. The van der Waals surface area contributed by atoms with E-state index in [1.807, 2.05) is 38.1 Å². The van der Waals surface area contributed by atoms with Gasteiger partial charge in [0.1, 0.15) is 5.75 Å². The number of hydrogen-bond acceptors (Lipinski definition) is 6. The van der Waals surface area contributed by atoms with E-state index in [1.54, 1.807) is 30.2 Å². The number of ether oxygens (including phenoxy) is 2. The maximum absolute atomic E-state index is 12.8. The Morgan fingerprint density at radius 3 is 2.32 bits per heavy atom. The molecule has 0 aliphatic heterocycles. The highest BCUT2D eigenvalue weighted by molar-refractivity contribution is 5.94. The first-order valence-electron chi connectivity index (χ1n) is 10.3. The number of carbonyl (C=O) groups is 2. The van der Waals surface area contributed by atoms with E-state index in [0.717, 1.165) is 41.1 Å². The molecule has 0 saturated heterocycles. The summed E-state index contributed by atoms with van der Waals surface area (Å²) >= 11 is 0. The average Bonchev–Trinajstić information content (AvgIpc) is 3.61. The summed E-state index contributed by atoms with van der Waals surface area (Å²) in [4.78, 5) is 36.0. The third kappa shape index (κ3) is 4.82. The zero-order valence-corrected chi connectivity index (χ0v) is 17.9. The van der Waals surface area contributed by atoms with Gasteiger partial charge >= 0.3 is 5.97 Å². The molecule has 0 atom stereocenters. The molecule has 0 unspecified atom stereocenters. The number of benzene rings is 2. The molecule has 0 N–H and O–H groups in total. The molecule has 1 amide bonds. The van der Waals surface area contributed by atoms with Crippen LogP contribution in [0.15, 0.2) is 42.5 Å². The van der Waals surface area contributed by atoms with Gasteiger partial charge in [-0.1, -0.05) is 12.1 Å². The fourth-order valence-electron chi connectivity index (χ4n) is 3.39. The van der Waals surface area contributed by atoms with Gasteiger partial charge in [-0.2, -0.15) is 0 Å². The molecule has 3 aromatic rings. The average molecular weight is 419 g/mol. The lowest BCUT2D eigenvalue weighted by molar-refractivity contribution is -0.135. The van der Waals surface area contributed by atoms with E-state index in [4.69, 9.17) is 9.47 Å². The van der Waals surface area contributed by atoms with Gasteiger partial charge in [0.05, 0.1) is 35.1 Å². The summed E-state index contributed by atoms with van der Waals surface area (Å²) < 4.78 is 10.5. The number of carbonyl (C=O) groups excluding carboxylic acids is 2. The normalized spacial score (nSPS) is 13.1. The molecular formula is C24H25N3O4. The van der Waals surface area contributed by atoms with Crippen LogP contribution in [0.5, 0.6) is 5.75 Å². The minimum atomic E-state index is -0.546. The first-order valence-corrected chi connectivity index (χ1v) is 10.3. The molecule has 1 fully saturated rings. The third-order valence-electron chi connectivity index (χ3n) is 5.46. The largest absolute Gasteiger partial charge is 0.497 e. The third-order valence-corrected chi connectivity index (χ3v) is 5.46. The lowest BCUT2D eigenvalue weighted by Crippen LogP contribution is -2.36. The quantitative estimate of drug-likeness (QED) is 0.544. The van der Waals surface area contributed by atoms with E-state index >= 15 is 0 Å². The summed E-state index contributed by atoms with van der Waals surface area (Å²) in [5, 5.41) is 0. The van der Waals surface area contributed by atoms with Crippen molar-refractivity contribution in [2.45, 2.75) is 39.3 Å². The van der Waals surface area contributed by atoms with E-state index in [9.17, 15) is 9.59 Å². The van der Waals surface area contributed by atoms with Crippen LogP contribution >= 0.6 is 0 Å². The fourth-order valence-corrected chi connectivity index (χ4v) is 3.39. The molecule has 4 rings (SSSR count). The highest BCUT2D eigenvalue weighted by Crippen LogP contribution is 2.29. The number of aromatic nitrogens is 2. The van der Waals surface area contributed by atoms with E-state index < -0.39 is 5.97 Å². The molecule has 1 heterocycles. The Morgan fingerprint density at radius 1 is 1.00 bits per heavy atom. The van der Waals surface area contributed by atoms with Gasteiger partial charge in [-0.25, -0.2) is 14.8 Å². The molecule has 0 bridgehead atoms. The summed E-state index contributed by atoms with van der Waals surface area (Å²) in [6.45, 7) is 3.96. The highest BCUT2D eigenvalue weighted by Gasteiger charge is 2.33. The van der Waals surface area contributed by atoms with Gasteiger partial charge in [-0.05, 0) is 62.6 Å². The summed E-state index contributed by atoms with van der Waals surface area (Å²) in [5.74, 6) is 0.0293. The van der Waals surface area contributed by atoms with Crippen LogP contribution in [0.4, 0.5) is 0 Å². The molecule has 7 nitrogen and oxygen atoms in total. The van der Waals surface area contributed by atoms with Gasteiger partial charge < -0.3 is 14.4 Å². The summed E-state index contributed by atoms with van der Waals surface area (Å²) in [7, 11) is 1.62. The maximum atomic E-state index is 12.8. The lowest BCUT2D eigenvalue weighted by Gasteiger charge is -2.22. The Balaban J connectivity index is 1.40. The van der Waals surface area contributed by atoms with Crippen LogP contribution in [0.3, 0.4) is 0 Å².